The molecule has 1 aromatic rings. The third-order valence-electron chi connectivity index (χ3n) is 3.96. The minimum absolute atomic E-state index is 0.0279. The summed E-state index contributed by atoms with van der Waals surface area (Å²) in [6.45, 7) is 6.63. The molecule has 0 saturated carbocycles. The van der Waals surface area contributed by atoms with Gasteiger partial charge in [-0.2, -0.15) is 4.39 Å². The Labute approximate surface area is 134 Å². The van der Waals surface area contributed by atoms with Gasteiger partial charge in [-0.05, 0) is 52.2 Å². The van der Waals surface area contributed by atoms with Gasteiger partial charge in [0.2, 0.25) is 0 Å². The Kier molecular flexibility index (Phi) is 5.12. The molecule has 0 unspecified atom stereocenters. The minimum Gasteiger partial charge on any atom is -0.444 e. The lowest BCUT2D eigenvalue weighted by atomic mass is 9.83. The van der Waals surface area contributed by atoms with E-state index in [9.17, 15) is 14.3 Å². The Morgan fingerprint density at radius 2 is 2.23 bits per heavy atom. The van der Waals surface area contributed by atoms with Crippen LogP contribution in [0.3, 0.4) is 0 Å². The van der Waals surface area contributed by atoms with E-state index in [1.165, 1.54) is 6.07 Å². The number of likely N-dealkylation sites (tertiary alicyclic amines) is 1. The van der Waals surface area contributed by atoms with Gasteiger partial charge < -0.3 is 14.7 Å². The van der Waals surface area contributed by atoms with Crippen LogP contribution in [0.25, 0.3) is 0 Å². The van der Waals surface area contributed by atoms with E-state index in [1.807, 2.05) is 20.8 Å². The Morgan fingerprint density at radius 3 is 2.77 bits per heavy atom. The summed E-state index contributed by atoms with van der Waals surface area (Å²) in [4.78, 5) is 14.8. The summed E-state index contributed by atoms with van der Waals surface area (Å²) in [5, 5.41) is 9.60. The SMILES string of the molecule is CC(C)(C)OC(=O)N1CC[C@@](CO)(CCc2ccc(F)s2)C1. The molecule has 0 aromatic carbocycles. The van der Waals surface area contributed by atoms with Crippen LogP contribution in [0, 0.1) is 10.5 Å². The molecule has 0 bridgehead atoms. The maximum Gasteiger partial charge on any atom is 0.410 e. The van der Waals surface area contributed by atoms with E-state index in [1.54, 1.807) is 11.0 Å². The van der Waals surface area contributed by atoms with E-state index in [0.717, 1.165) is 35.5 Å². The van der Waals surface area contributed by atoms with Crippen molar-refractivity contribution in [2.75, 3.05) is 19.7 Å². The van der Waals surface area contributed by atoms with Crippen LogP contribution in [0.4, 0.5) is 9.18 Å². The highest BCUT2D eigenvalue weighted by molar-refractivity contribution is 7.10. The van der Waals surface area contributed by atoms with Crippen LogP contribution < -0.4 is 0 Å². The number of aliphatic hydroxyl groups is 1. The van der Waals surface area contributed by atoms with Crippen LogP contribution in [0.1, 0.15) is 38.5 Å². The number of thiophene rings is 1. The Balaban J connectivity index is 1.93. The zero-order chi connectivity index (χ0) is 16.4. The summed E-state index contributed by atoms with van der Waals surface area (Å²) in [6.07, 6.45) is 1.88. The van der Waals surface area contributed by atoms with Gasteiger partial charge in [-0.3, -0.25) is 0 Å². The number of halogens is 1. The maximum atomic E-state index is 13.0. The number of aryl methyl sites for hydroxylation is 1. The second-order valence-corrected chi connectivity index (χ2v) is 8.13. The van der Waals surface area contributed by atoms with Crippen LogP contribution >= 0.6 is 11.3 Å². The molecule has 2 rings (SSSR count). The predicted octanol–water partition coefficient (Wildman–Crippen LogP) is 3.44. The molecule has 6 heteroatoms. The van der Waals surface area contributed by atoms with E-state index in [0.29, 0.717) is 13.1 Å². The molecule has 0 aliphatic carbocycles. The Bertz CT molecular complexity index is 526. The zero-order valence-corrected chi connectivity index (χ0v) is 14.2. The van der Waals surface area contributed by atoms with E-state index >= 15 is 0 Å². The molecule has 2 heterocycles. The van der Waals surface area contributed by atoms with Gasteiger partial charge in [0.05, 0.1) is 6.61 Å². The highest BCUT2D eigenvalue weighted by Gasteiger charge is 2.40. The van der Waals surface area contributed by atoms with E-state index in [4.69, 9.17) is 4.74 Å². The van der Waals surface area contributed by atoms with Gasteiger partial charge in [0.25, 0.3) is 0 Å². The highest BCUT2D eigenvalue weighted by Crippen LogP contribution is 2.36. The normalized spacial score (nSPS) is 22.1. The van der Waals surface area contributed by atoms with Crippen molar-refractivity contribution in [3.8, 4) is 0 Å². The van der Waals surface area contributed by atoms with Crippen molar-refractivity contribution in [2.45, 2.75) is 45.6 Å². The molecule has 1 aliphatic rings. The van der Waals surface area contributed by atoms with Crippen LogP contribution in [-0.2, 0) is 11.2 Å². The first-order valence-corrected chi connectivity index (χ1v) is 8.38. The highest BCUT2D eigenvalue weighted by atomic mass is 32.1. The van der Waals surface area contributed by atoms with Crippen molar-refractivity contribution in [2.24, 2.45) is 5.41 Å². The second kappa shape index (κ2) is 6.54. The van der Waals surface area contributed by atoms with Gasteiger partial charge in [-0.1, -0.05) is 0 Å². The first-order chi connectivity index (χ1) is 10.2. The van der Waals surface area contributed by atoms with Gasteiger partial charge >= 0.3 is 6.09 Å². The Hall–Kier alpha value is -1.14. The fourth-order valence-electron chi connectivity index (χ4n) is 2.70. The molecule has 22 heavy (non-hydrogen) atoms. The molecular formula is C16H24FNO3S. The van der Waals surface area contributed by atoms with Crippen LogP contribution in [0.15, 0.2) is 12.1 Å². The van der Waals surface area contributed by atoms with Gasteiger partial charge in [0.15, 0.2) is 5.13 Å². The minimum atomic E-state index is -0.518. The molecular weight excluding hydrogens is 305 g/mol. The monoisotopic (exact) mass is 329 g/mol. The molecule has 1 aromatic heterocycles. The lowest BCUT2D eigenvalue weighted by molar-refractivity contribution is 0.0250. The summed E-state index contributed by atoms with van der Waals surface area (Å²) >= 11 is 1.14. The van der Waals surface area contributed by atoms with Crippen molar-refractivity contribution in [3.63, 3.8) is 0 Å². The lowest BCUT2D eigenvalue weighted by Gasteiger charge is -2.28. The van der Waals surface area contributed by atoms with Crippen LogP contribution in [0.2, 0.25) is 0 Å². The molecule has 124 valence electrons. The number of amides is 1. The molecule has 4 nitrogen and oxygen atoms in total. The fraction of sp³-hybridized carbons (Fsp3) is 0.688. The summed E-state index contributed by atoms with van der Waals surface area (Å²) < 4.78 is 18.4. The largest absolute Gasteiger partial charge is 0.444 e. The van der Waals surface area contributed by atoms with E-state index in [-0.39, 0.29) is 23.2 Å². The van der Waals surface area contributed by atoms with Crippen molar-refractivity contribution in [3.05, 3.63) is 22.1 Å². The zero-order valence-electron chi connectivity index (χ0n) is 13.4. The van der Waals surface area contributed by atoms with E-state index < -0.39 is 5.60 Å². The number of hydrogen-bond donors (Lipinski definition) is 1. The molecule has 0 radical (unpaired) electrons. The third-order valence-corrected chi connectivity index (χ3v) is 4.89. The Morgan fingerprint density at radius 1 is 1.50 bits per heavy atom. The smallest absolute Gasteiger partial charge is 0.410 e. The van der Waals surface area contributed by atoms with Crippen LogP contribution in [-0.4, -0.2) is 41.4 Å². The summed E-state index contributed by atoms with van der Waals surface area (Å²) in [5.74, 6) is 0. The predicted molar refractivity (Wildman–Crippen MR) is 84.5 cm³/mol. The number of ether oxygens (including phenoxy) is 1. The van der Waals surface area contributed by atoms with Gasteiger partial charge in [-0.25, -0.2) is 4.79 Å². The average molecular weight is 329 g/mol. The van der Waals surface area contributed by atoms with Crippen molar-refractivity contribution in [1.29, 1.82) is 0 Å². The molecule has 1 fully saturated rings. The topological polar surface area (TPSA) is 49.8 Å². The van der Waals surface area contributed by atoms with Crippen molar-refractivity contribution >= 4 is 17.4 Å². The molecule has 0 spiro atoms. The number of carbonyl (C=O) groups excluding carboxylic acids is 1. The molecule has 1 N–H and O–H groups in total. The van der Waals surface area contributed by atoms with Crippen molar-refractivity contribution < 1.29 is 19.0 Å². The molecule has 1 saturated heterocycles. The number of aliphatic hydroxyl groups excluding tert-OH is 1. The van der Waals surface area contributed by atoms with Gasteiger partial charge in [-0.15, -0.1) is 11.3 Å². The number of rotatable bonds is 4. The summed E-state index contributed by atoms with van der Waals surface area (Å²) in [7, 11) is 0. The average Bonchev–Trinajstić information content (AvgIpc) is 3.02. The molecule has 1 aliphatic heterocycles. The van der Waals surface area contributed by atoms with Crippen molar-refractivity contribution in [1.82, 2.24) is 4.90 Å². The first kappa shape index (κ1) is 17.2. The summed E-state index contributed by atoms with van der Waals surface area (Å²) in [6, 6.07) is 3.25. The molecule has 1 amide bonds. The standard InChI is InChI=1S/C16H24FNO3S/c1-15(2,3)21-14(20)18-9-8-16(10-18,11-19)7-6-12-4-5-13(17)22-12/h4-5,19H,6-11H2,1-3H3/t16-/m0/s1. The number of carbonyl (C=O) groups is 1. The van der Waals surface area contributed by atoms with Gasteiger partial charge in [0, 0.05) is 23.4 Å². The van der Waals surface area contributed by atoms with E-state index in [2.05, 4.69) is 0 Å². The first-order valence-electron chi connectivity index (χ1n) is 7.56. The fourth-order valence-corrected chi connectivity index (χ4v) is 3.43. The second-order valence-electron chi connectivity index (χ2n) is 7.02. The van der Waals surface area contributed by atoms with Gasteiger partial charge in [0.1, 0.15) is 5.60 Å². The maximum absolute atomic E-state index is 13.0. The quantitative estimate of drug-likeness (QED) is 0.920. The summed E-state index contributed by atoms with van der Waals surface area (Å²) in [5.41, 5.74) is -0.826. The number of nitrogens with zero attached hydrogens (tertiary/aromatic N) is 1. The van der Waals surface area contributed by atoms with Crippen LogP contribution in [0.5, 0.6) is 0 Å². The third kappa shape index (κ3) is 4.43. The lowest BCUT2D eigenvalue weighted by Crippen LogP contribution is -2.38. The number of hydrogen-bond acceptors (Lipinski definition) is 4. The molecule has 1 atom stereocenters.